The van der Waals surface area contributed by atoms with Crippen LogP contribution in [0.25, 0.3) is 0 Å². The number of hydrogen-bond donors (Lipinski definition) is 3. The van der Waals surface area contributed by atoms with E-state index in [-0.39, 0.29) is 35.9 Å². The van der Waals surface area contributed by atoms with E-state index in [4.69, 9.17) is 0 Å². The molecule has 1 aliphatic carbocycles. The van der Waals surface area contributed by atoms with E-state index in [0.29, 0.717) is 12.5 Å². The van der Waals surface area contributed by atoms with Crippen molar-refractivity contribution >= 4 is 35.8 Å². The lowest BCUT2D eigenvalue weighted by Crippen LogP contribution is -2.39. The van der Waals surface area contributed by atoms with Crippen molar-refractivity contribution in [1.82, 2.24) is 16.0 Å². The van der Waals surface area contributed by atoms with Gasteiger partial charge in [-0.2, -0.15) is 0 Å². The Labute approximate surface area is 155 Å². The molecular weight excluding hydrogens is 403 g/mol. The van der Waals surface area contributed by atoms with E-state index in [2.05, 4.69) is 40.0 Å². The molecule has 1 amide bonds. The summed E-state index contributed by atoms with van der Waals surface area (Å²) >= 11 is 0. The van der Waals surface area contributed by atoms with Gasteiger partial charge in [-0.3, -0.25) is 9.79 Å². The van der Waals surface area contributed by atoms with Gasteiger partial charge in [0.05, 0.1) is 6.04 Å². The predicted molar refractivity (Wildman–Crippen MR) is 105 cm³/mol. The first-order chi connectivity index (χ1) is 10.7. The van der Waals surface area contributed by atoms with Gasteiger partial charge in [0.25, 0.3) is 0 Å². The molecule has 0 aromatic heterocycles. The Kier molecular flexibility index (Phi) is 8.98. The zero-order chi connectivity index (χ0) is 15.8. The third-order valence-corrected chi connectivity index (χ3v) is 3.69. The number of aliphatic imine (C=N–C) groups is 1. The second-order valence-corrected chi connectivity index (χ2v) is 5.72. The molecule has 0 radical (unpaired) electrons. The van der Waals surface area contributed by atoms with Crippen molar-refractivity contribution in [2.45, 2.75) is 44.7 Å². The maximum Gasteiger partial charge on any atom is 0.220 e. The summed E-state index contributed by atoms with van der Waals surface area (Å²) in [5, 5.41) is 9.60. The number of carbonyl (C=O) groups is 1. The minimum atomic E-state index is 0. The first-order valence-electron chi connectivity index (χ1n) is 8.00. The molecule has 2 rings (SSSR count). The number of amides is 1. The molecule has 23 heavy (non-hydrogen) atoms. The summed E-state index contributed by atoms with van der Waals surface area (Å²) in [5.74, 6) is 0.920. The lowest BCUT2D eigenvalue weighted by Gasteiger charge is -2.18. The van der Waals surface area contributed by atoms with Gasteiger partial charge >= 0.3 is 0 Å². The summed E-state index contributed by atoms with van der Waals surface area (Å²) in [6.07, 6.45) is 3.64. The second kappa shape index (κ2) is 10.5. The van der Waals surface area contributed by atoms with E-state index in [1.54, 1.807) is 7.05 Å². The van der Waals surface area contributed by atoms with Crippen LogP contribution in [0.5, 0.6) is 0 Å². The van der Waals surface area contributed by atoms with Crippen molar-refractivity contribution < 1.29 is 4.79 Å². The first kappa shape index (κ1) is 19.7. The maximum atomic E-state index is 11.6. The fourth-order valence-corrected chi connectivity index (χ4v) is 2.21. The van der Waals surface area contributed by atoms with Gasteiger partial charge < -0.3 is 16.0 Å². The van der Waals surface area contributed by atoms with Crippen LogP contribution >= 0.6 is 24.0 Å². The maximum absolute atomic E-state index is 11.6. The molecule has 0 saturated heterocycles. The Bertz CT molecular complexity index is 503. The Morgan fingerprint density at radius 3 is 2.61 bits per heavy atom. The molecule has 6 heteroatoms. The number of nitrogens with one attached hydrogen (secondary N) is 3. The summed E-state index contributed by atoms with van der Waals surface area (Å²) in [7, 11) is 1.76. The number of carbonyl (C=O) groups excluding carboxylic acids is 1. The van der Waals surface area contributed by atoms with Gasteiger partial charge in [-0.25, -0.2) is 0 Å². The van der Waals surface area contributed by atoms with Gasteiger partial charge in [0, 0.05) is 26.1 Å². The molecule has 1 aromatic rings. The minimum Gasteiger partial charge on any atom is -0.356 e. The highest BCUT2D eigenvalue weighted by molar-refractivity contribution is 14.0. The fraction of sp³-hybridized carbons (Fsp3) is 0.529. The number of nitrogens with zero attached hydrogens (tertiary/aromatic N) is 1. The van der Waals surface area contributed by atoms with Crippen molar-refractivity contribution in [2.24, 2.45) is 4.99 Å². The summed E-state index contributed by atoms with van der Waals surface area (Å²) in [4.78, 5) is 15.8. The smallest absolute Gasteiger partial charge is 0.220 e. The van der Waals surface area contributed by atoms with E-state index >= 15 is 0 Å². The van der Waals surface area contributed by atoms with E-state index in [9.17, 15) is 4.79 Å². The molecule has 0 bridgehead atoms. The zero-order valence-electron chi connectivity index (χ0n) is 13.8. The Morgan fingerprint density at radius 1 is 1.30 bits per heavy atom. The van der Waals surface area contributed by atoms with E-state index in [1.807, 2.05) is 18.2 Å². The van der Waals surface area contributed by atoms with Crippen LogP contribution in [-0.2, 0) is 4.79 Å². The molecule has 0 spiro atoms. The van der Waals surface area contributed by atoms with Crippen LogP contribution in [0.2, 0.25) is 0 Å². The average molecular weight is 430 g/mol. The van der Waals surface area contributed by atoms with Gasteiger partial charge in [0.2, 0.25) is 5.91 Å². The lowest BCUT2D eigenvalue weighted by molar-refractivity contribution is -0.121. The van der Waals surface area contributed by atoms with Gasteiger partial charge in [-0.15, -0.1) is 24.0 Å². The van der Waals surface area contributed by atoms with Crippen LogP contribution in [0.4, 0.5) is 0 Å². The Balaban J connectivity index is 0.00000264. The molecule has 0 heterocycles. The number of hydrogen-bond acceptors (Lipinski definition) is 2. The van der Waals surface area contributed by atoms with Crippen molar-refractivity contribution in [3.63, 3.8) is 0 Å². The summed E-state index contributed by atoms with van der Waals surface area (Å²) < 4.78 is 0. The van der Waals surface area contributed by atoms with Crippen molar-refractivity contribution in [3.05, 3.63) is 35.9 Å². The van der Waals surface area contributed by atoms with E-state index in [1.165, 1.54) is 5.56 Å². The molecule has 0 aliphatic heterocycles. The molecule has 1 saturated carbocycles. The SMILES string of the molecule is CN=C(NCCCC(=O)NC1CC1)NC(C)c1ccccc1.I. The van der Waals surface area contributed by atoms with Crippen molar-refractivity contribution in [3.8, 4) is 0 Å². The molecule has 1 aromatic carbocycles. The standard InChI is InChI=1S/C17H26N4O.HI/c1-13(14-7-4-3-5-8-14)20-17(18-2)19-12-6-9-16(22)21-15-10-11-15;/h3-5,7-8,13,15H,6,9-12H2,1-2H3,(H,21,22)(H2,18,19,20);1H. The third kappa shape index (κ3) is 7.67. The van der Waals surface area contributed by atoms with E-state index in [0.717, 1.165) is 31.8 Å². The summed E-state index contributed by atoms with van der Waals surface area (Å²) in [6.45, 7) is 2.84. The average Bonchev–Trinajstić information content (AvgIpc) is 3.34. The van der Waals surface area contributed by atoms with Crippen LogP contribution in [0.15, 0.2) is 35.3 Å². The van der Waals surface area contributed by atoms with Crippen LogP contribution in [-0.4, -0.2) is 31.5 Å². The molecule has 1 fully saturated rings. The molecule has 1 aliphatic rings. The van der Waals surface area contributed by atoms with Gasteiger partial charge in [-0.1, -0.05) is 30.3 Å². The molecule has 1 unspecified atom stereocenters. The van der Waals surface area contributed by atoms with Crippen molar-refractivity contribution in [1.29, 1.82) is 0 Å². The highest BCUT2D eigenvalue weighted by Crippen LogP contribution is 2.18. The largest absolute Gasteiger partial charge is 0.356 e. The molecule has 1 atom stereocenters. The monoisotopic (exact) mass is 430 g/mol. The third-order valence-electron chi connectivity index (χ3n) is 3.69. The Hall–Kier alpha value is -1.31. The van der Waals surface area contributed by atoms with Gasteiger partial charge in [0.15, 0.2) is 5.96 Å². The van der Waals surface area contributed by atoms with Crippen LogP contribution in [0, 0.1) is 0 Å². The summed E-state index contributed by atoms with van der Waals surface area (Å²) in [5.41, 5.74) is 1.22. The molecule has 3 N–H and O–H groups in total. The number of halogens is 1. The fourth-order valence-electron chi connectivity index (χ4n) is 2.21. The first-order valence-corrected chi connectivity index (χ1v) is 8.00. The van der Waals surface area contributed by atoms with Crippen LogP contribution in [0.3, 0.4) is 0 Å². The van der Waals surface area contributed by atoms with Crippen molar-refractivity contribution in [2.75, 3.05) is 13.6 Å². The second-order valence-electron chi connectivity index (χ2n) is 5.72. The number of benzene rings is 1. The predicted octanol–water partition coefficient (Wildman–Crippen LogP) is 2.59. The molecule has 5 nitrogen and oxygen atoms in total. The highest BCUT2D eigenvalue weighted by Gasteiger charge is 2.22. The van der Waals surface area contributed by atoms with Crippen LogP contribution in [0.1, 0.15) is 44.2 Å². The number of rotatable bonds is 7. The van der Waals surface area contributed by atoms with Crippen LogP contribution < -0.4 is 16.0 Å². The Morgan fingerprint density at radius 2 is 2.00 bits per heavy atom. The quantitative estimate of drug-likeness (QED) is 0.270. The highest BCUT2D eigenvalue weighted by atomic mass is 127. The van der Waals surface area contributed by atoms with Gasteiger partial charge in [-0.05, 0) is 31.7 Å². The normalized spacial score (nSPS) is 15.3. The molecule has 128 valence electrons. The minimum absolute atomic E-state index is 0. The molecular formula is C17H27IN4O. The van der Waals surface area contributed by atoms with Gasteiger partial charge in [0.1, 0.15) is 0 Å². The van der Waals surface area contributed by atoms with E-state index < -0.39 is 0 Å². The zero-order valence-corrected chi connectivity index (χ0v) is 16.2. The summed E-state index contributed by atoms with van der Waals surface area (Å²) in [6, 6.07) is 10.9. The number of guanidine groups is 1. The topological polar surface area (TPSA) is 65.5 Å². The lowest BCUT2D eigenvalue weighted by atomic mass is 10.1.